The summed E-state index contributed by atoms with van der Waals surface area (Å²) in [6.07, 6.45) is 2.13. The van der Waals surface area contributed by atoms with Crippen LogP contribution in [-0.4, -0.2) is 47.1 Å². The minimum Gasteiger partial charge on any atom is -0.507 e. The average Bonchev–Trinajstić information content (AvgIpc) is 2.89. The second kappa shape index (κ2) is 11.6. The number of pyridine rings is 1. The number of rotatable bonds is 8. The van der Waals surface area contributed by atoms with Crippen LogP contribution in [0, 0.1) is 5.92 Å². The Labute approximate surface area is 215 Å². The van der Waals surface area contributed by atoms with Gasteiger partial charge in [0.05, 0.1) is 11.3 Å². The first-order valence-electron chi connectivity index (χ1n) is 12.1. The van der Waals surface area contributed by atoms with E-state index in [2.05, 4.69) is 27.4 Å². The lowest BCUT2D eigenvalue weighted by Crippen LogP contribution is -2.38. The predicted octanol–water partition coefficient (Wildman–Crippen LogP) is 5.36. The summed E-state index contributed by atoms with van der Waals surface area (Å²) in [5, 5.41) is 17.0. The Bertz CT molecular complexity index is 1230. The molecule has 2 aromatic carbocycles. The zero-order valence-corrected chi connectivity index (χ0v) is 21.0. The van der Waals surface area contributed by atoms with Crippen molar-refractivity contribution in [3.05, 3.63) is 64.7 Å². The quantitative estimate of drug-likeness (QED) is 0.303. The third-order valence-corrected chi connectivity index (χ3v) is 6.87. The number of phenols is 1. The van der Waals surface area contributed by atoms with Gasteiger partial charge < -0.3 is 26.4 Å². The second-order valence-electron chi connectivity index (χ2n) is 9.01. The standard InChI is InChI=1S/C27H31ClFN5O2/c1-2-34-11-9-17(10-12-34)16-31-27(36)21-5-7-24(33-26(21)30)22-14-20(4-8-25(22)35)32-23-6-3-19(28)13-18(23)15-29/h3-8,13-14,17,32,35H,2,9-12,15-16H2,1H3,(H2,30,33)(H,31,36). The van der Waals surface area contributed by atoms with Gasteiger partial charge in [0.1, 0.15) is 18.2 Å². The third-order valence-electron chi connectivity index (χ3n) is 6.64. The Morgan fingerprint density at radius 3 is 2.67 bits per heavy atom. The van der Waals surface area contributed by atoms with Gasteiger partial charge in [-0.15, -0.1) is 0 Å². The number of anilines is 3. The number of hydrogen-bond acceptors (Lipinski definition) is 6. The van der Waals surface area contributed by atoms with E-state index in [-0.39, 0.29) is 17.5 Å². The van der Waals surface area contributed by atoms with E-state index in [4.69, 9.17) is 17.3 Å². The van der Waals surface area contributed by atoms with Crippen molar-refractivity contribution >= 4 is 34.7 Å². The lowest BCUT2D eigenvalue weighted by Gasteiger charge is -2.31. The SMILES string of the molecule is CCN1CCC(CNC(=O)c2ccc(-c3cc(Nc4ccc(Cl)cc4CF)ccc3O)nc2N)CC1. The first kappa shape index (κ1) is 25.7. The molecule has 1 amide bonds. The molecule has 7 nitrogen and oxygen atoms in total. The zero-order valence-electron chi connectivity index (χ0n) is 20.2. The van der Waals surface area contributed by atoms with Crippen LogP contribution < -0.4 is 16.4 Å². The second-order valence-corrected chi connectivity index (χ2v) is 9.45. The lowest BCUT2D eigenvalue weighted by molar-refractivity contribution is 0.0937. The van der Waals surface area contributed by atoms with E-state index in [0.29, 0.717) is 51.2 Å². The third kappa shape index (κ3) is 6.06. The summed E-state index contributed by atoms with van der Waals surface area (Å²) in [5.74, 6) is 0.285. The van der Waals surface area contributed by atoms with Crippen LogP contribution >= 0.6 is 11.6 Å². The van der Waals surface area contributed by atoms with Crippen LogP contribution in [-0.2, 0) is 6.67 Å². The van der Waals surface area contributed by atoms with Crippen LogP contribution in [0.5, 0.6) is 5.75 Å². The summed E-state index contributed by atoms with van der Waals surface area (Å²) in [6, 6.07) is 13.1. The van der Waals surface area contributed by atoms with Gasteiger partial charge in [-0.1, -0.05) is 18.5 Å². The van der Waals surface area contributed by atoms with Gasteiger partial charge in [0.2, 0.25) is 0 Å². The van der Waals surface area contributed by atoms with Crippen molar-refractivity contribution in [3.8, 4) is 17.0 Å². The molecule has 0 radical (unpaired) electrons. The molecular formula is C27H31ClFN5O2. The number of amides is 1. The van der Waals surface area contributed by atoms with E-state index in [0.717, 1.165) is 32.5 Å². The Morgan fingerprint density at radius 1 is 1.19 bits per heavy atom. The first-order chi connectivity index (χ1) is 17.4. The fraction of sp³-hybridized carbons (Fsp3) is 0.333. The Kier molecular flexibility index (Phi) is 8.28. The molecule has 5 N–H and O–H groups in total. The van der Waals surface area contributed by atoms with E-state index in [1.807, 2.05) is 0 Å². The highest BCUT2D eigenvalue weighted by Gasteiger charge is 2.20. The molecule has 0 saturated carbocycles. The molecule has 0 spiro atoms. The van der Waals surface area contributed by atoms with Crippen molar-refractivity contribution in [1.82, 2.24) is 15.2 Å². The molecule has 9 heteroatoms. The summed E-state index contributed by atoms with van der Waals surface area (Å²) in [5.41, 5.74) is 8.89. The van der Waals surface area contributed by atoms with Gasteiger partial charge in [0, 0.05) is 34.1 Å². The molecule has 36 heavy (non-hydrogen) atoms. The highest BCUT2D eigenvalue weighted by atomic mass is 35.5. The first-order valence-corrected chi connectivity index (χ1v) is 12.5. The largest absolute Gasteiger partial charge is 0.507 e. The molecule has 4 rings (SSSR count). The van der Waals surface area contributed by atoms with Crippen molar-refractivity contribution < 1.29 is 14.3 Å². The maximum atomic E-state index is 13.4. The number of benzene rings is 2. The number of aromatic nitrogens is 1. The summed E-state index contributed by atoms with van der Waals surface area (Å²) in [6.45, 7) is 5.27. The van der Waals surface area contributed by atoms with Crippen molar-refractivity contribution in [1.29, 1.82) is 0 Å². The molecule has 1 fully saturated rings. The van der Waals surface area contributed by atoms with Gasteiger partial charge in [0.25, 0.3) is 5.91 Å². The molecule has 190 valence electrons. The number of nitrogens with two attached hydrogens (primary N) is 1. The Hall–Kier alpha value is -3.36. The van der Waals surface area contributed by atoms with Crippen molar-refractivity contribution in [2.24, 2.45) is 5.92 Å². The van der Waals surface area contributed by atoms with E-state index < -0.39 is 6.67 Å². The molecule has 3 aromatic rings. The van der Waals surface area contributed by atoms with Gasteiger partial charge >= 0.3 is 0 Å². The highest BCUT2D eigenvalue weighted by molar-refractivity contribution is 6.30. The van der Waals surface area contributed by atoms with Crippen molar-refractivity contribution in [2.75, 3.05) is 37.2 Å². The smallest absolute Gasteiger partial charge is 0.255 e. The molecule has 0 aliphatic carbocycles. The number of carbonyl (C=O) groups excluding carboxylic acids is 1. The number of phenolic OH excluding ortho intramolecular Hbond substituents is 1. The minimum atomic E-state index is -0.673. The summed E-state index contributed by atoms with van der Waals surface area (Å²) < 4.78 is 13.4. The molecule has 1 aliphatic rings. The average molecular weight is 512 g/mol. The van der Waals surface area contributed by atoms with Crippen LogP contribution in [0.3, 0.4) is 0 Å². The van der Waals surface area contributed by atoms with Crippen LogP contribution in [0.2, 0.25) is 5.02 Å². The van der Waals surface area contributed by atoms with Gasteiger partial charge in [-0.2, -0.15) is 0 Å². The van der Waals surface area contributed by atoms with Crippen molar-refractivity contribution in [2.45, 2.75) is 26.4 Å². The number of likely N-dealkylation sites (tertiary alicyclic amines) is 1. The fourth-order valence-electron chi connectivity index (χ4n) is 4.43. The molecule has 0 bridgehead atoms. The number of carbonyl (C=O) groups is 1. The zero-order chi connectivity index (χ0) is 25.7. The van der Waals surface area contributed by atoms with E-state index in [1.54, 1.807) is 42.5 Å². The van der Waals surface area contributed by atoms with Crippen molar-refractivity contribution in [3.63, 3.8) is 0 Å². The number of alkyl halides is 1. The lowest BCUT2D eigenvalue weighted by atomic mass is 9.96. The van der Waals surface area contributed by atoms with Gasteiger partial charge in [0.15, 0.2) is 0 Å². The molecule has 1 aromatic heterocycles. The van der Waals surface area contributed by atoms with Gasteiger partial charge in [-0.25, -0.2) is 9.37 Å². The summed E-state index contributed by atoms with van der Waals surface area (Å²) >= 11 is 5.97. The maximum absolute atomic E-state index is 13.4. The molecule has 0 unspecified atom stereocenters. The number of nitrogens with one attached hydrogen (secondary N) is 2. The van der Waals surface area contributed by atoms with Crippen LogP contribution in [0.1, 0.15) is 35.7 Å². The molecule has 1 aliphatic heterocycles. The van der Waals surface area contributed by atoms with E-state index in [1.165, 1.54) is 6.07 Å². The monoisotopic (exact) mass is 511 g/mol. The van der Waals surface area contributed by atoms with E-state index in [9.17, 15) is 14.3 Å². The fourth-order valence-corrected chi connectivity index (χ4v) is 4.62. The van der Waals surface area contributed by atoms with E-state index >= 15 is 0 Å². The minimum absolute atomic E-state index is 0.00453. The van der Waals surface area contributed by atoms with Gasteiger partial charge in [-0.05, 0) is 86.9 Å². The summed E-state index contributed by atoms with van der Waals surface area (Å²) in [7, 11) is 0. The molecule has 1 saturated heterocycles. The number of hydrogen-bond donors (Lipinski definition) is 4. The molecule has 2 heterocycles. The number of nitrogen functional groups attached to an aromatic ring is 1. The van der Waals surface area contributed by atoms with Crippen LogP contribution in [0.4, 0.5) is 21.6 Å². The Morgan fingerprint density at radius 2 is 1.97 bits per heavy atom. The molecular weight excluding hydrogens is 481 g/mol. The normalized spacial score (nSPS) is 14.5. The predicted molar refractivity (Wildman–Crippen MR) is 142 cm³/mol. The molecule has 0 atom stereocenters. The number of halogens is 2. The van der Waals surface area contributed by atoms with Crippen LogP contribution in [0.15, 0.2) is 48.5 Å². The Balaban J connectivity index is 1.46. The number of aromatic hydroxyl groups is 1. The number of piperidine rings is 1. The highest BCUT2D eigenvalue weighted by Crippen LogP contribution is 2.34. The summed E-state index contributed by atoms with van der Waals surface area (Å²) in [4.78, 5) is 19.5. The topological polar surface area (TPSA) is 104 Å². The maximum Gasteiger partial charge on any atom is 0.255 e. The van der Waals surface area contributed by atoms with Gasteiger partial charge in [-0.3, -0.25) is 4.79 Å². The number of nitrogens with zero attached hydrogens (tertiary/aromatic N) is 2. The van der Waals surface area contributed by atoms with Crippen LogP contribution in [0.25, 0.3) is 11.3 Å².